The van der Waals surface area contributed by atoms with E-state index in [-0.39, 0.29) is 12.0 Å². The highest BCUT2D eigenvalue weighted by Crippen LogP contribution is 2.27. The summed E-state index contributed by atoms with van der Waals surface area (Å²) in [6, 6.07) is 20.0. The number of aryl methyl sites for hydroxylation is 1. The van der Waals surface area contributed by atoms with Crippen LogP contribution in [0.4, 0.5) is 0 Å². The lowest BCUT2D eigenvalue weighted by Crippen LogP contribution is -2.07. The second-order valence-corrected chi connectivity index (χ2v) is 6.83. The van der Waals surface area contributed by atoms with Crippen LogP contribution in [-0.2, 0) is 6.61 Å². The lowest BCUT2D eigenvalue weighted by molar-refractivity contribution is 0.289. The van der Waals surface area contributed by atoms with E-state index >= 15 is 0 Å². The maximum absolute atomic E-state index is 13.0. The summed E-state index contributed by atoms with van der Waals surface area (Å²) in [7, 11) is 0. The molecule has 0 spiro atoms. The average molecular weight is 399 g/mol. The van der Waals surface area contributed by atoms with Crippen LogP contribution in [0.25, 0.3) is 33.6 Å². The minimum Gasteiger partial charge on any atom is -0.487 e. The topological polar surface area (TPSA) is 78.6 Å². The smallest absolute Gasteiger partial charge is 0.202 e. The predicted molar refractivity (Wildman–Crippen MR) is 111 cm³/mol. The molecule has 0 aliphatic heterocycles. The van der Waals surface area contributed by atoms with Crippen LogP contribution in [0.3, 0.4) is 0 Å². The van der Waals surface area contributed by atoms with Gasteiger partial charge in [-0.25, -0.2) is 0 Å². The Hall–Kier alpha value is -4.06. The van der Waals surface area contributed by atoms with E-state index in [1.165, 1.54) is 0 Å². The van der Waals surface area contributed by atoms with Crippen LogP contribution in [0.5, 0.6) is 5.75 Å². The zero-order valence-electron chi connectivity index (χ0n) is 16.1. The molecule has 0 aliphatic carbocycles. The van der Waals surface area contributed by atoms with Crippen molar-refractivity contribution in [2.24, 2.45) is 0 Å². The third kappa shape index (κ3) is 3.28. The lowest BCUT2D eigenvalue weighted by Gasteiger charge is -2.09. The van der Waals surface area contributed by atoms with E-state index in [4.69, 9.17) is 18.1 Å². The summed E-state index contributed by atoms with van der Waals surface area (Å²) in [6.07, 6.45) is 1.57. The van der Waals surface area contributed by atoms with Gasteiger partial charge in [-0.2, -0.15) is 0 Å². The summed E-state index contributed by atoms with van der Waals surface area (Å²) in [4.78, 5) is 13.0. The number of fused-ring (bicyclic) bond motifs is 1. The Kier molecular flexibility index (Phi) is 4.44. The number of furan rings is 1. The average Bonchev–Trinajstić information content (AvgIpc) is 3.45. The van der Waals surface area contributed by atoms with Gasteiger partial charge in [0.1, 0.15) is 29.4 Å². The predicted octanol–water partition coefficient (Wildman–Crippen LogP) is 5.60. The van der Waals surface area contributed by atoms with E-state index in [2.05, 4.69) is 5.16 Å². The Morgan fingerprint density at radius 2 is 1.83 bits per heavy atom. The molecule has 0 amide bonds. The summed E-state index contributed by atoms with van der Waals surface area (Å²) >= 11 is 0. The van der Waals surface area contributed by atoms with Crippen molar-refractivity contribution in [3.63, 3.8) is 0 Å². The highest BCUT2D eigenvalue weighted by atomic mass is 16.5. The first-order valence-corrected chi connectivity index (χ1v) is 9.44. The van der Waals surface area contributed by atoms with Gasteiger partial charge in [0, 0.05) is 12.1 Å². The normalized spacial score (nSPS) is 11.1. The number of hydrogen-bond acceptors (Lipinski definition) is 6. The SMILES string of the molecule is Cc1oc2cc(OCc3cc(-c4ccco4)on3)ccc2c(=O)c1-c1ccccc1. The Labute approximate surface area is 171 Å². The van der Waals surface area contributed by atoms with Gasteiger partial charge in [-0.1, -0.05) is 35.5 Å². The van der Waals surface area contributed by atoms with Crippen LogP contribution in [0.2, 0.25) is 0 Å². The quantitative estimate of drug-likeness (QED) is 0.383. The Balaban J connectivity index is 1.41. The molecule has 0 saturated heterocycles. The Bertz CT molecular complexity index is 1360. The van der Waals surface area contributed by atoms with Crippen molar-refractivity contribution in [1.29, 1.82) is 0 Å². The van der Waals surface area contributed by atoms with Crippen molar-refractivity contribution in [3.8, 4) is 28.4 Å². The van der Waals surface area contributed by atoms with Gasteiger partial charge in [0.25, 0.3) is 0 Å². The van der Waals surface area contributed by atoms with E-state index in [9.17, 15) is 4.79 Å². The largest absolute Gasteiger partial charge is 0.487 e. The molecule has 5 aromatic rings. The molecule has 0 saturated carbocycles. The third-order valence-electron chi connectivity index (χ3n) is 4.81. The van der Waals surface area contributed by atoms with Crippen LogP contribution >= 0.6 is 0 Å². The summed E-state index contributed by atoms with van der Waals surface area (Å²) < 4.78 is 22.3. The van der Waals surface area contributed by atoms with E-state index in [1.54, 1.807) is 49.6 Å². The van der Waals surface area contributed by atoms with Crippen molar-refractivity contribution < 1.29 is 18.1 Å². The van der Waals surface area contributed by atoms with Gasteiger partial charge in [-0.15, -0.1) is 0 Å². The molecule has 3 heterocycles. The number of rotatable bonds is 5. The molecule has 0 radical (unpaired) electrons. The van der Waals surface area contributed by atoms with Crippen molar-refractivity contribution in [2.75, 3.05) is 0 Å². The lowest BCUT2D eigenvalue weighted by atomic mass is 10.0. The zero-order chi connectivity index (χ0) is 20.5. The van der Waals surface area contributed by atoms with E-state index in [0.29, 0.717) is 45.3 Å². The highest BCUT2D eigenvalue weighted by Gasteiger charge is 2.14. The molecule has 3 aromatic heterocycles. The highest BCUT2D eigenvalue weighted by molar-refractivity contribution is 5.83. The number of ether oxygens (including phenoxy) is 1. The molecule has 6 heteroatoms. The molecule has 0 bridgehead atoms. The number of aromatic nitrogens is 1. The number of benzene rings is 2. The first kappa shape index (κ1) is 18.0. The number of hydrogen-bond donors (Lipinski definition) is 0. The van der Waals surface area contributed by atoms with Crippen LogP contribution in [-0.4, -0.2) is 5.16 Å². The Morgan fingerprint density at radius 3 is 2.63 bits per heavy atom. The molecular weight excluding hydrogens is 382 g/mol. The second-order valence-electron chi connectivity index (χ2n) is 6.83. The monoisotopic (exact) mass is 399 g/mol. The molecule has 0 atom stereocenters. The van der Waals surface area contributed by atoms with E-state index < -0.39 is 0 Å². The molecule has 0 fully saturated rings. The summed E-state index contributed by atoms with van der Waals surface area (Å²) in [5.74, 6) is 2.27. The van der Waals surface area contributed by atoms with Crippen molar-refractivity contribution in [2.45, 2.75) is 13.5 Å². The minimum absolute atomic E-state index is 0.0638. The molecule has 148 valence electrons. The summed E-state index contributed by atoms with van der Waals surface area (Å²) in [5.41, 5.74) is 2.45. The molecule has 5 rings (SSSR count). The minimum atomic E-state index is -0.0638. The number of nitrogens with zero attached hydrogens (tertiary/aromatic N) is 1. The zero-order valence-corrected chi connectivity index (χ0v) is 16.1. The first-order chi connectivity index (χ1) is 14.7. The molecule has 0 N–H and O–H groups in total. The van der Waals surface area contributed by atoms with E-state index in [1.807, 2.05) is 30.3 Å². The van der Waals surface area contributed by atoms with Gasteiger partial charge in [0.15, 0.2) is 5.76 Å². The standard InChI is InChI=1S/C24H17NO5/c1-15-23(16-6-3-2-4-7-16)24(26)19-10-9-18(13-21(19)29-15)28-14-17-12-22(30-25-17)20-8-5-11-27-20/h2-13H,14H2,1H3. The molecule has 2 aromatic carbocycles. The molecule has 30 heavy (non-hydrogen) atoms. The summed E-state index contributed by atoms with van der Waals surface area (Å²) in [5, 5.41) is 4.50. The van der Waals surface area contributed by atoms with Gasteiger partial charge in [0.05, 0.1) is 17.2 Å². The van der Waals surface area contributed by atoms with E-state index in [0.717, 1.165) is 5.56 Å². The first-order valence-electron chi connectivity index (χ1n) is 9.44. The molecule has 0 aliphatic rings. The van der Waals surface area contributed by atoms with Crippen LogP contribution in [0, 0.1) is 6.92 Å². The molecule has 0 unspecified atom stereocenters. The van der Waals surface area contributed by atoms with Crippen LogP contribution < -0.4 is 10.2 Å². The molecule has 6 nitrogen and oxygen atoms in total. The maximum atomic E-state index is 13.0. The van der Waals surface area contributed by atoms with Crippen molar-refractivity contribution in [3.05, 3.63) is 94.7 Å². The van der Waals surface area contributed by atoms with Gasteiger partial charge in [0.2, 0.25) is 11.2 Å². The fourth-order valence-electron chi connectivity index (χ4n) is 3.39. The van der Waals surface area contributed by atoms with Crippen LogP contribution in [0.1, 0.15) is 11.5 Å². The van der Waals surface area contributed by atoms with Crippen molar-refractivity contribution in [1.82, 2.24) is 5.16 Å². The fraction of sp³-hybridized carbons (Fsp3) is 0.0833. The van der Waals surface area contributed by atoms with Gasteiger partial charge < -0.3 is 18.1 Å². The van der Waals surface area contributed by atoms with Crippen molar-refractivity contribution >= 4 is 11.0 Å². The van der Waals surface area contributed by atoms with Gasteiger partial charge >= 0.3 is 0 Å². The Morgan fingerprint density at radius 1 is 0.967 bits per heavy atom. The van der Waals surface area contributed by atoms with Crippen LogP contribution in [0.15, 0.2) is 91.1 Å². The fourth-order valence-corrected chi connectivity index (χ4v) is 3.39. The van der Waals surface area contributed by atoms with Gasteiger partial charge in [-0.05, 0) is 36.8 Å². The third-order valence-corrected chi connectivity index (χ3v) is 4.81. The maximum Gasteiger partial charge on any atom is 0.202 e. The molecular formula is C24H17NO5. The van der Waals surface area contributed by atoms with Gasteiger partial charge in [-0.3, -0.25) is 4.79 Å². The summed E-state index contributed by atoms with van der Waals surface area (Å²) in [6.45, 7) is 2.00. The second kappa shape index (κ2) is 7.40.